The van der Waals surface area contributed by atoms with Gasteiger partial charge < -0.3 is 8.85 Å². The summed E-state index contributed by atoms with van der Waals surface area (Å²) in [7, 11) is -11.0. The Kier molecular flexibility index (Phi) is 14.5. The molecule has 53 heavy (non-hydrogen) atoms. The van der Waals surface area contributed by atoms with Crippen molar-refractivity contribution in [3.8, 4) is 0 Å². The summed E-state index contributed by atoms with van der Waals surface area (Å²) in [5, 5.41) is 0. The van der Waals surface area contributed by atoms with Gasteiger partial charge in [0.1, 0.15) is 5.91 Å². The van der Waals surface area contributed by atoms with Crippen molar-refractivity contribution in [3.05, 3.63) is 0 Å². The van der Waals surface area contributed by atoms with Gasteiger partial charge in [0.05, 0.1) is 0 Å². The van der Waals surface area contributed by atoms with Crippen LogP contribution in [0, 0.1) is 0 Å². The van der Waals surface area contributed by atoms with Gasteiger partial charge in [-0.3, -0.25) is 0 Å². The molecule has 0 amide bonds. The highest BCUT2D eigenvalue weighted by atomic mass is 35.6. The Hall–Kier alpha value is -0.959. The molecule has 0 saturated heterocycles. The quantitative estimate of drug-likeness (QED) is 0.0556. The third-order valence-electron chi connectivity index (χ3n) is 7.11. The second-order valence-corrected chi connectivity index (χ2v) is 22.7. The van der Waals surface area contributed by atoms with Crippen LogP contribution in [0.1, 0.15) is 12.8 Å². The van der Waals surface area contributed by atoms with Gasteiger partial charge in [-0.15, -0.1) is 0 Å². The molecule has 0 N–H and O–H groups in total. The molecule has 0 rings (SSSR count). The van der Waals surface area contributed by atoms with Gasteiger partial charge in [0.2, 0.25) is 0 Å². The van der Waals surface area contributed by atoms with Crippen LogP contribution in [0.25, 0.3) is 0 Å². The van der Waals surface area contributed by atoms with E-state index in [4.69, 9.17) is 19.9 Å². The summed E-state index contributed by atoms with van der Waals surface area (Å²) in [5.74, 6) is -78.9. The molecule has 0 aliphatic carbocycles. The van der Waals surface area contributed by atoms with Crippen LogP contribution in [-0.4, -0.2) is 103 Å². The molecule has 32 heteroatoms. The van der Waals surface area contributed by atoms with E-state index in [9.17, 15) is 114 Å². The molecule has 0 aromatic carbocycles. The molecule has 0 saturated carbocycles. The fourth-order valence-electron chi connectivity index (χ4n) is 3.75. The molecule has 320 valence electrons. The minimum absolute atomic E-state index is 0.700. The van der Waals surface area contributed by atoms with Gasteiger partial charge in [-0.25, -0.2) is 0 Å². The van der Waals surface area contributed by atoms with E-state index in [1.807, 2.05) is 0 Å². The van der Waals surface area contributed by atoms with Crippen LogP contribution in [0.2, 0.25) is 38.3 Å². The average Bonchev–Trinajstić information content (AvgIpc) is 2.92. The number of alkyl halides is 26. The van der Waals surface area contributed by atoms with E-state index in [1.54, 1.807) is 0 Å². The average molecular weight is 921 g/mol. The summed E-state index contributed by atoms with van der Waals surface area (Å²) in [6.45, 7) is 2.80. The molecule has 0 aromatic rings. The summed E-state index contributed by atoms with van der Waals surface area (Å²) < 4.78 is 357. The van der Waals surface area contributed by atoms with Crippen LogP contribution in [0.5, 0.6) is 0 Å². The third-order valence-corrected chi connectivity index (χ3v) is 13.8. The van der Waals surface area contributed by atoms with Crippen LogP contribution in [0.3, 0.4) is 0 Å². The van der Waals surface area contributed by atoms with Gasteiger partial charge >= 0.3 is 71.6 Å². The Labute approximate surface area is 288 Å². The zero-order chi connectivity index (χ0) is 43.5. The van der Waals surface area contributed by atoms with E-state index >= 15 is 0 Å². The van der Waals surface area contributed by atoms with E-state index in [0.29, 0.717) is 26.2 Å². The zero-order valence-electron chi connectivity index (χ0n) is 26.1. The first kappa shape index (κ1) is 52.0. The van der Waals surface area contributed by atoms with Gasteiger partial charge in [-0.05, 0) is 38.3 Å². The Bertz CT molecular complexity index is 1160. The minimum Gasteiger partial charge on any atom is -0.396 e. The second-order valence-electron chi connectivity index (χ2n) is 12.3. The lowest BCUT2D eigenvalue weighted by atomic mass is 9.93. The van der Waals surface area contributed by atoms with Crippen molar-refractivity contribution in [1.82, 2.24) is 0 Å². The Morgan fingerprint density at radius 2 is 0.604 bits per heavy atom. The summed E-state index contributed by atoms with van der Waals surface area (Å²) in [4.78, 5) is 0. The molecule has 0 atom stereocenters. The van der Waals surface area contributed by atoms with Crippen molar-refractivity contribution in [2.75, 3.05) is 0 Å². The van der Waals surface area contributed by atoms with E-state index < -0.39 is 128 Å². The number of hydrogen-bond acceptors (Lipinski definition) is 2. The number of hydrogen-bond donors (Lipinski definition) is 0. The fourth-order valence-corrected chi connectivity index (χ4v) is 11.8. The molecule has 0 bridgehead atoms. The molecule has 2 nitrogen and oxygen atoms in total. The first-order valence-corrected chi connectivity index (χ1v) is 22.6. The maximum Gasteiger partial charge on any atom is 0.460 e. The topological polar surface area (TPSA) is 18.5 Å². The van der Waals surface area contributed by atoms with E-state index in [-0.39, 0.29) is 0 Å². The van der Waals surface area contributed by atoms with Crippen molar-refractivity contribution in [1.29, 1.82) is 0 Å². The second kappa shape index (κ2) is 14.8. The van der Waals surface area contributed by atoms with Crippen molar-refractivity contribution in [3.63, 3.8) is 0 Å². The van der Waals surface area contributed by atoms with Crippen LogP contribution in [0.15, 0.2) is 0 Å². The SMILES string of the molecule is C[Si](C)(CCC(F)(F)C(F)(F)C(F)(F)C(F)(F)C(F)(F)C(F)(F)F)OC(O[Si](C)(C)CCC(F)(F)C(F)(F)C(F)(F)C(F)(F)C(F)(F)C(F)(F)F)[SiH2]Cl. The number of halogens is 27. The molecule has 0 aliphatic rings. The van der Waals surface area contributed by atoms with E-state index in [0.717, 1.165) is 0 Å². The number of rotatable bonds is 19. The lowest BCUT2D eigenvalue weighted by molar-refractivity contribution is -0.440. The van der Waals surface area contributed by atoms with Crippen LogP contribution < -0.4 is 0 Å². The van der Waals surface area contributed by atoms with Gasteiger partial charge in [-0.1, -0.05) is 0 Å². The highest BCUT2D eigenvalue weighted by molar-refractivity contribution is 6.95. The van der Waals surface area contributed by atoms with Gasteiger partial charge in [-0.2, -0.15) is 125 Å². The molecule has 0 spiro atoms. The molecule has 0 radical (unpaired) electrons. The first-order valence-electron chi connectivity index (χ1n) is 13.4. The highest BCUT2D eigenvalue weighted by Crippen LogP contribution is 2.62. The molecular weight excluding hydrogens is 898 g/mol. The summed E-state index contributed by atoms with van der Waals surface area (Å²) in [5.41, 5.74) is 0. The summed E-state index contributed by atoms with van der Waals surface area (Å²) in [6.07, 6.45) is -20.8. The highest BCUT2D eigenvalue weighted by Gasteiger charge is 2.92. The summed E-state index contributed by atoms with van der Waals surface area (Å²) in [6, 6.07) is -3.26. The lowest BCUT2D eigenvalue weighted by Crippen LogP contribution is -2.70. The Morgan fingerprint density at radius 3 is 0.792 bits per heavy atom. The van der Waals surface area contributed by atoms with Crippen LogP contribution in [-0.2, 0) is 8.85 Å². The van der Waals surface area contributed by atoms with Crippen molar-refractivity contribution in [2.24, 2.45) is 0 Å². The molecule has 0 aliphatic heterocycles. The van der Waals surface area contributed by atoms with Crippen molar-refractivity contribution >= 4 is 36.5 Å². The molecule has 0 heterocycles. The van der Waals surface area contributed by atoms with E-state index in [1.165, 1.54) is 0 Å². The molecule has 0 unspecified atom stereocenters. The predicted molar refractivity (Wildman–Crippen MR) is 136 cm³/mol. The lowest BCUT2D eigenvalue weighted by Gasteiger charge is -2.41. The van der Waals surface area contributed by atoms with Crippen molar-refractivity contribution in [2.45, 2.75) is 129 Å². The monoisotopic (exact) mass is 920 g/mol. The van der Waals surface area contributed by atoms with Gasteiger partial charge in [0.15, 0.2) is 25.5 Å². The third kappa shape index (κ3) is 9.28. The smallest absolute Gasteiger partial charge is 0.396 e. The Morgan fingerprint density at radius 1 is 0.396 bits per heavy atom. The molecular formula is C21H23ClF26O2Si3. The molecule has 0 fully saturated rings. The van der Waals surface area contributed by atoms with Crippen LogP contribution >= 0.6 is 11.1 Å². The first-order chi connectivity index (χ1) is 22.6. The predicted octanol–water partition coefficient (Wildman–Crippen LogP) is 11.3. The van der Waals surface area contributed by atoms with Gasteiger partial charge in [0, 0.05) is 12.8 Å². The largest absolute Gasteiger partial charge is 0.460 e. The van der Waals surface area contributed by atoms with Crippen LogP contribution in [0.4, 0.5) is 114 Å². The normalized spacial score (nSPS) is 16.8. The Balaban J connectivity index is 6.07. The molecule has 0 aromatic heterocycles. The van der Waals surface area contributed by atoms with Gasteiger partial charge in [0.25, 0.3) is 0 Å². The van der Waals surface area contributed by atoms with E-state index in [2.05, 4.69) is 0 Å². The maximum atomic E-state index is 14.2. The minimum atomic E-state index is -8.18. The summed E-state index contributed by atoms with van der Waals surface area (Å²) >= 11 is 5.59. The standard InChI is InChI=1S/C21H23ClF26O2Si3/c1-52(2,7-5-10(23,24)12(27,28)14(31,32)16(35,36)18(39,40)20(43,44)45)49-9(51-22)50-53(3,4)8-6-11(25,26)13(29,30)15(33,34)17(37,38)19(41,42)21(46,47)48/h9H,5-8,51H2,1-4H3. The van der Waals surface area contributed by atoms with Crippen molar-refractivity contribution < 1.29 is 123 Å². The maximum absolute atomic E-state index is 14.2. The zero-order valence-corrected chi connectivity index (χ0v) is 30.3. The fraction of sp³-hybridized carbons (Fsp3) is 1.00.